The number of thioether (sulfide) groups is 1. The van der Waals surface area contributed by atoms with Gasteiger partial charge in [0.25, 0.3) is 6.17 Å². The minimum atomic E-state index is -1.04. The Morgan fingerprint density at radius 2 is 2.07 bits per heavy atom. The third kappa shape index (κ3) is 3.22. The van der Waals surface area contributed by atoms with Crippen LogP contribution in [0.15, 0.2) is 52.4 Å². The van der Waals surface area contributed by atoms with Crippen molar-refractivity contribution < 1.29 is 13.9 Å². The van der Waals surface area contributed by atoms with Crippen molar-refractivity contribution >= 4 is 35.0 Å². The van der Waals surface area contributed by atoms with Gasteiger partial charge in [-0.3, -0.25) is 14.6 Å². The second-order valence-electron chi connectivity index (χ2n) is 6.40. The maximum absolute atomic E-state index is 14.9. The van der Waals surface area contributed by atoms with Gasteiger partial charge in [0.15, 0.2) is 0 Å². The number of aromatic amines is 1. The first-order valence-electron chi connectivity index (χ1n) is 8.96. The summed E-state index contributed by atoms with van der Waals surface area (Å²) in [7, 11) is 0. The Morgan fingerprint density at radius 1 is 1.31 bits per heavy atom. The zero-order valence-electron chi connectivity index (χ0n) is 15.6. The zero-order chi connectivity index (χ0) is 20.7. The number of para-hydroxylation sites is 1. The molecule has 0 unspecified atom stereocenters. The monoisotopic (exact) mass is 431 g/mol. The molecule has 9 heteroatoms. The van der Waals surface area contributed by atoms with E-state index >= 15 is 0 Å². The van der Waals surface area contributed by atoms with Gasteiger partial charge in [-0.05, 0) is 34.7 Å². The summed E-state index contributed by atoms with van der Waals surface area (Å²) in [5.74, 6) is -0.231. The topological polar surface area (TPSA) is 69.9 Å². The van der Waals surface area contributed by atoms with Gasteiger partial charge in [0.05, 0.1) is 21.8 Å². The lowest BCUT2D eigenvalue weighted by Gasteiger charge is -2.31. The van der Waals surface area contributed by atoms with Gasteiger partial charge in [0.1, 0.15) is 5.82 Å². The molecule has 29 heavy (non-hydrogen) atoms. The normalized spacial score (nSPS) is 15.0. The van der Waals surface area contributed by atoms with Gasteiger partial charge in [-0.1, -0.05) is 48.5 Å². The van der Waals surface area contributed by atoms with E-state index in [0.717, 1.165) is 0 Å². The molecular weight excluding hydrogens is 415 g/mol. The van der Waals surface area contributed by atoms with E-state index in [2.05, 4.69) is 10.1 Å². The highest BCUT2D eigenvalue weighted by Crippen LogP contribution is 2.39. The lowest BCUT2D eigenvalue weighted by molar-refractivity contribution is -0.763. The highest BCUT2D eigenvalue weighted by atomic mass is 35.5. The van der Waals surface area contributed by atoms with Crippen LogP contribution in [0.5, 0.6) is 0 Å². The molecule has 1 amide bonds. The lowest BCUT2D eigenvalue weighted by Crippen LogP contribution is -2.61. The van der Waals surface area contributed by atoms with Crippen molar-refractivity contribution in [2.45, 2.75) is 25.2 Å². The van der Waals surface area contributed by atoms with Crippen molar-refractivity contribution in [2.24, 2.45) is 0 Å². The molecule has 2 heterocycles. The predicted octanol–water partition coefficient (Wildman–Crippen LogP) is 3.54. The van der Waals surface area contributed by atoms with Gasteiger partial charge in [-0.2, -0.15) is 0 Å². The smallest absolute Gasteiger partial charge is 0.291 e. The maximum atomic E-state index is 14.9. The molecule has 0 bridgehead atoms. The molecule has 6 nitrogen and oxygen atoms in total. The summed E-state index contributed by atoms with van der Waals surface area (Å²) in [6.45, 7) is 3.32. The summed E-state index contributed by atoms with van der Waals surface area (Å²) in [5, 5.41) is 5.06. The molecular formula is C20H17ClFN4O2S+. The Labute approximate surface area is 175 Å². The van der Waals surface area contributed by atoms with Crippen LogP contribution in [0.4, 0.5) is 10.1 Å². The van der Waals surface area contributed by atoms with Gasteiger partial charge < -0.3 is 0 Å². The second-order valence-corrected chi connectivity index (χ2v) is 8.06. The number of benzene rings is 2. The van der Waals surface area contributed by atoms with Crippen LogP contribution in [0.2, 0.25) is 5.02 Å². The second kappa shape index (κ2) is 7.61. The maximum Gasteiger partial charge on any atom is 0.325 e. The van der Waals surface area contributed by atoms with Crippen molar-refractivity contribution in [3.63, 3.8) is 0 Å². The van der Waals surface area contributed by atoms with E-state index in [1.807, 2.05) is 6.92 Å². The fourth-order valence-corrected chi connectivity index (χ4v) is 4.38. The van der Waals surface area contributed by atoms with Crippen LogP contribution in [0, 0.1) is 5.82 Å². The highest BCUT2D eigenvalue weighted by Gasteiger charge is 2.46. The molecule has 0 radical (unpaired) electrons. The number of anilines is 1. The van der Waals surface area contributed by atoms with Crippen molar-refractivity contribution in [1.29, 1.82) is 0 Å². The number of nitrogens with one attached hydrogen (secondary N) is 1. The Balaban J connectivity index is 2.12. The summed E-state index contributed by atoms with van der Waals surface area (Å²) in [4.78, 5) is 29.9. The first-order chi connectivity index (χ1) is 13.9. The fraction of sp³-hybridized carbons (Fsp3) is 0.200. The van der Waals surface area contributed by atoms with Gasteiger partial charge in [-0.15, -0.1) is 0 Å². The van der Waals surface area contributed by atoms with Gasteiger partial charge >= 0.3 is 11.3 Å². The van der Waals surface area contributed by atoms with Crippen molar-refractivity contribution in [3.05, 3.63) is 69.2 Å². The van der Waals surface area contributed by atoms with Gasteiger partial charge in [0, 0.05) is 12.0 Å². The van der Waals surface area contributed by atoms with Crippen molar-refractivity contribution in [2.75, 3.05) is 10.7 Å². The quantitative estimate of drug-likeness (QED) is 0.508. The molecule has 0 saturated carbocycles. The predicted molar refractivity (Wildman–Crippen MR) is 110 cm³/mol. The molecule has 1 aromatic heterocycles. The fourth-order valence-electron chi connectivity index (χ4n) is 3.53. The summed E-state index contributed by atoms with van der Waals surface area (Å²) < 4.78 is 16.3. The number of nitrogens with zero attached hydrogens (tertiary/aromatic N) is 3. The molecule has 0 aliphatic carbocycles. The summed E-state index contributed by atoms with van der Waals surface area (Å²) in [6.07, 6.45) is -1.04. The van der Waals surface area contributed by atoms with Crippen LogP contribution in [-0.2, 0) is 4.79 Å². The highest BCUT2D eigenvalue weighted by molar-refractivity contribution is 7.99. The summed E-state index contributed by atoms with van der Waals surface area (Å²) >= 11 is 7.70. The van der Waals surface area contributed by atoms with E-state index in [4.69, 9.17) is 11.6 Å². The first kappa shape index (κ1) is 19.6. The average molecular weight is 432 g/mol. The van der Waals surface area contributed by atoms with Crippen LogP contribution < -0.4 is 15.1 Å². The molecule has 1 N–H and O–H groups in total. The average Bonchev–Trinajstić information content (AvgIpc) is 2.67. The third-order valence-electron chi connectivity index (χ3n) is 4.64. The van der Waals surface area contributed by atoms with Crippen molar-refractivity contribution in [1.82, 2.24) is 10.1 Å². The number of H-pyrrole nitrogens is 1. The molecule has 2 aromatic carbocycles. The summed E-state index contributed by atoms with van der Waals surface area (Å²) in [6, 6.07) is 11.3. The van der Waals surface area contributed by atoms with E-state index in [1.165, 1.54) is 40.4 Å². The number of hydrogen-bond acceptors (Lipinski definition) is 4. The molecule has 0 spiro atoms. The number of halogens is 2. The lowest BCUT2D eigenvalue weighted by atomic mass is 10.0. The van der Waals surface area contributed by atoms with E-state index in [9.17, 15) is 14.0 Å². The number of carbonyl (C=O) groups is 1. The molecule has 0 saturated heterocycles. The van der Waals surface area contributed by atoms with E-state index in [-0.39, 0.29) is 27.7 Å². The van der Waals surface area contributed by atoms with Crippen LogP contribution in [0.1, 0.15) is 25.6 Å². The minimum Gasteiger partial charge on any atom is -0.291 e. The third-order valence-corrected chi connectivity index (χ3v) is 5.71. The number of rotatable bonds is 3. The SMILES string of the molecule is CCSc1n[n+]2c(c(=O)[nH]1)-c1ccccc1N(C(C)=O)[C@H]2c1c(F)cccc1Cl. The van der Waals surface area contributed by atoms with Crippen LogP contribution >= 0.6 is 23.4 Å². The number of fused-ring (bicyclic) bond motifs is 3. The van der Waals surface area contributed by atoms with E-state index in [0.29, 0.717) is 22.2 Å². The Morgan fingerprint density at radius 3 is 2.76 bits per heavy atom. The Kier molecular flexibility index (Phi) is 5.14. The first-order valence-corrected chi connectivity index (χ1v) is 10.3. The number of aromatic nitrogens is 3. The number of carbonyl (C=O) groups excluding carboxylic acids is 1. The van der Waals surface area contributed by atoms with Gasteiger partial charge in [-0.25, -0.2) is 9.29 Å². The summed E-state index contributed by atoms with van der Waals surface area (Å²) in [5.41, 5.74) is 0.975. The van der Waals surface area contributed by atoms with Crippen LogP contribution in [0.25, 0.3) is 11.3 Å². The molecule has 1 aliphatic rings. The molecule has 4 rings (SSSR count). The molecule has 1 atom stereocenters. The van der Waals surface area contributed by atoms with Crippen LogP contribution in [-0.4, -0.2) is 21.7 Å². The molecule has 1 aliphatic heterocycles. The minimum absolute atomic E-state index is 0.0793. The molecule has 148 valence electrons. The number of hydrogen-bond donors (Lipinski definition) is 1. The molecule has 0 fully saturated rings. The number of amides is 1. The Hall–Kier alpha value is -2.71. The van der Waals surface area contributed by atoms with Crippen LogP contribution in [0.3, 0.4) is 0 Å². The Bertz CT molecular complexity index is 1160. The zero-order valence-corrected chi connectivity index (χ0v) is 17.2. The van der Waals surface area contributed by atoms with Crippen molar-refractivity contribution in [3.8, 4) is 11.3 Å². The molecule has 3 aromatic rings. The van der Waals surface area contributed by atoms with E-state index in [1.54, 1.807) is 30.3 Å². The van der Waals surface area contributed by atoms with E-state index < -0.39 is 12.0 Å². The standard InChI is InChI=1S/C20H16ClFN4O2S/c1-3-29-20-23-18(28)17-12-7-4-5-10-15(12)25(11(2)27)19(26(17)24-20)16-13(21)8-6-9-14(16)22/h4-10,19H,3H2,1-2H3/p+1/t19-/m1/s1. The largest absolute Gasteiger partial charge is 0.325 e. The van der Waals surface area contributed by atoms with Gasteiger partial charge in [0.2, 0.25) is 11.1 Å².